The molecule has 29 heavy (non-hydrogen) atoms. The Morgan fingerprint density at radius 3 is 2.90 bits per heavy atom. The number of aromatic nitrogens is 1. The highest BCUT2D eigenvalue weighted by Gasteiger charge is 2.17. The molecule has 9 heteroatoms. The molecule has 4 rings (SSSR count). The first-order chi connectivity index (χ1) is 14.1. The number of hydrogen-bond donors (Lipinski definition) is 1. The van der Waals surface area contributed by atoms with Gasteiger partial charge in [0.2, 0.25) is 12.7 Å². The van der Waals surface area contributed by atoms with E-state index >= 15 is 0 Å². The SMILES string of the molecule is O=C(Cc1csc(SCC(=O)c2ccc3c(c2)OCO3)n1)Nc1cccc(Br)c1. The number of rotatable bonds is 7. The van der Waals surface area contributed by atoms with Crippen molar-refractivity contribution in [3.8, 4) is 11.5 Å². The number of ketones is 1. The molecule has 0 bridgehead atoms. The average Bonchev–Trinajstić information content (AvgIpc) is 3.34. The van der Waals surface area contributed by atoms with Crippen LogP contribution in [-0.4, -0.2) is 29.2 Å². The Kier molecular flexibility index (Phi) is 6.17. The van der Waals surface area contributed by atoms with E-state index in [1.807, 2.05) is 29.6 Å². The first kappa shape index (κ1) is 19.9. The number of halogens is 1. The second-order valence-electron chi connectivity index (χ2n) is 6.12. The number of thiazole rings is 1. The second kappa shape index (κ2) is 8.98. The van der Waals surface area contributed by atoms with Crippen molar-refractivity contribution in [2.24, 2.45) is 0 Å². The van der Waals surface area contributed by atoms with Crippen molar-refractivity contribution in [3.05, 3.63) is 63.6 Å². The van der Waals surface area contributed by atoms with Gasteiger partial charge < -0.3 is 14.8 Å². The predicted molar refractivity (Wildman–Crippen MR) is 116 cm³/mol. The Balaban J connectivity index is 1.30. The van der Waals surface area contributed by atoms with Crippen molar-refractivity contribution in [2.45, 2.75) is 10.8 Å². The monoisotopic (exact) mass is 490 g/mol. The van der Waals surface area contributed by atoms with Gasteiger partial charge in [-0.25, -0.2) is 4.98 Å². The van der Waals surface area contributed by atoms with Crippen molar-refractivity contribution >= 4 is 56.4 Å². The normalized spacial score (nSPS) is 12.0. The molecule has 0 unspecified atom stereocenters. The van der Waals surface area contributed by atoms with Crippen LogP contribution >= 0.6 is 39.0 Å². The van der Waals surface area contributed by atoms with Gasteiger partial charge in [0.15, 0.2) is 21.6 Å². The van der Waals surface area contributed by atoms with Crippen LogP contribution in [0.15, 0.2) is 56.7 Å². The fourth-order valence-electron chi connectivity index (χ4n) is 2.65. The summed E-state index contributed by atoms with van der Waals surface area (Å²) in [7, 11) is 0. The van der Waals surface area contributed by atoms with E-state index in [1.165, 1.54) is 23.1 Å². The molecule has 0 saturated heterocycles. The summed E-state index contributed by atoms with van der Waals surface area (Å²) >= 11 is 6.16. The zero-order chi connectivity index (χ0) is 20.2. The van der Waals surface area contributed by atoms with Crippen LogP contribution in [0.25, 0.3) is 0 Å². The molecule has 0 spiro atoms. The molecule has 1 amide bonds. The van der Waals surface area contributed by atoms with Crippen LogP contribution in [-0.2, 0) is 11.2 Å². The van der Waals surface area contributed by atoms with Gasteiger partial charge in [-0.3, -0.25) is 9.59 Å². The van der Waals surface area contributed by atoms with Crippen molar-refractivity contribution in [2.75, 3.05) is 17.9 Å². The van der Waals surface area contributed by atoms with Crippen molar-refractivity contribution in [1.82, 2.24) is 4.98 Å². The van der Waals surface area contributed by atoms with Gasteiger partial charge in [0.25, 0.3) is 0 Å². The maximum absolute atomic E-state index is 12.4. The van der Waals surface area contributed by atoms with E-state index < -0.39 is 0 Å². The van der Waals surface area contributed by atoms with Crippen LogP contribution in [0.1, 0.15) is 16.1 Å². The number of thioether (sulfide) groups is 1. The molecule has 2 aromatic carbocycles. The predicted octanol–water partition coefficient (Wildman–Crippen LogP) is 4.79. The Morgan fingerprint density at radius 1 is 1.17 bits per heavy atom. The van der Waals surface area contributed by atoms with Crippen LogP contribution in [0.4, 0.5) is 5.69 Å². The van der Waals surface area contributed by atoms with Crippen molar-refractivity contribution < 1.29 is 19.1 Å². The third-order valence-corrected chi connectivity index (χ3v) is 6.57. The number of amides is 1. The number of anilines is 1. The molecule has 1 aromatic heterocycles. The summed E-state index contributed by atoms with van der Waals surface area (Å²) < 4.78 is 12.2. The number of carbonyl (C=O) groups is 2. The largest absolute Gasteiger partial charge is 0.454 e. The molecule has 0 aliphatic carbocycles. The number of Topliss-reactive ketones (excluding diaryl/α,β-unsaturated/α-hetero) is 1. The van der Waals surface area contributed by atoms with E-state index in [2.05, 4.69) is 26.2 Å². The van der Waals surface area contributed by atoms with Crippen LogP contribution < -0.4 is 14.8 Å². The Bertz CT molecular complexity index is 1070. The van der Waals surface area contributed by atoms with E-state index in [0.717, 1.165) is 14.5 Å². The number of nitrogens with zero attached hydrogens (tertiary/aromatic N) is 1. The zero-order valence-corrected chi connectivity index (χ0v) is 18.2. The van der Waals surface area contributed by atoms with Gasteiger partial charge in [-0.2, -0.15) is 0 Å². The summed E-state index contributed by atoms with van der Waals surface area (Å²) in [4.78, 5) is 29.1. The Morgan fingerprint density at radius 2 is 2.03 bits per heavy atom. The molecule has 0 atom stereocenters. The zero-order valence-electron chi connectivity index (χ0n) is 15.0. The third-order valence-electron chi connectivity index (χ3n) is 4.00. The van der Waals surface area contributed by atoms with Crippen molar-refractivity contribution in [3.63, 3.8) is 0 Å². The van der Waals surface area contributed by atoms with Crippen LogP contribution in [0.2, 0.25) is 0 Å². The molecule has 3 aromatic rings. The van der Waals surface area contributed by atoms with Gasteiger partial charge in [-0.05, 0) is 36.4 Å². The van der Waals surface area contributed by atoms with E-state index in [1.54, 1.807) is 18.2 Å². The van der Waals surface area contributed by atoms with E-state index in [0.29, 0.717) is 22.8 Å². The number of carbonyl (C=O) groups excluding carboxylic acids is 2. The van der Waals surface area contributed by atoms with Gasteiger partial charge in [0, 0.05) is 21.1 Å². The Hall–Kier alpha value is -2.36. The minimum Gasteiger partial charge on any atom is -0.454 e. The van der Waals surface area contributed by atoms with Gasteiger partial charge in [-0.1, -0.05) is 33.8 Å². The molecular weight excluding hydrogens is 476 g/mol. The summed E-state index contributed by atoms with van der Waals surface area (Å²) in [6.07, 6.45) is 0.180. The minimum atomic E-state index is -0.138. The molecular formula is C20H15BrN2O4S2. The van der Waals surface area contributed by atoms with E-state index in [-0.39, 0.29) is 30.7 Å². The maximum Gasteiger partial charge on any atom is 0.231 e. The van der Waals surface area contributed by atoms with Gasteiger partial charge >= 0.3 is 0 Å². The fraction of sp³-hybridized carbons (Fsp3) is 0.150. The summed E-state index contributed by atoms with van der Waals surface area (Å²) in [6, 6.07) is 12.6. The second-order valence-corrected chi connectivity index (χ2v) is 9.12. The number of nitrogens with one attached hydrogen (secondary N) is 1. The lowest BCUT2D eigenvalue weighted by Crippen LogP contribution is -2.14. The highest BCUT2D eigenvalue weighted by Crippen LogP contribution is 2.33. The number of ether oxygens (including phenoxy) is 2. The molecule has 0 saturated carbocycles. The van der Waals surface area contributed by atoms with Gasteiger partial charge in [-0.15, -0.1) is 11.3 Å². The van der Waals surface area contributed by atoms with Gasteiger partial charge in [0.05, 0.1) is 17.9 Å². The summed E-state index contributed by atoms with van der Waals surface area (Å²) in [5, 5.41) is 4.69. The quantitative estimate of drug-likeness (QED) is 0.378. The van der Waals surface area contributed by atoms with Crippen LogP contribution in [0.5, 0.6) is 11.5 Å². The lowest BCUT2D eigenvalue weighted by atomic mass is 10.1. The molecule has 1 aliphatic heterocycles. The third kappa shape index (κ3) is 5.17. The number of benzene rings is 2. The lowest BCUT2D eigenvalue weighted by molar-refractivity contribution is -0.115. The average molecular weight is 491 g/mol. The van der Waals surface area contributed by atoms with Crippen LogP contribution in [0.3, 0.4) is 0 Å². The summed E-state index contributed by atoms with van der Waals surface area (Å²) in [5.41, 5.74) is 1.98. The number of hydrogen-bond acceptors (Lipinski definition) is 7. The number of fused-ring (bicyclic) bond motifs is 1. The topological polar surface area (TPSA) is 77.5 Å². The van der Waals surface area contributed by atoms with Gasteiger partial charge in [0.1, 0.15) is 0 Å². The first-order valence-electron chi connectivity index (χ1n) is 8.62. The minimum absolute atomic E-state index is 0.0163. The summed E-state index contributed by atoms with van der Waals surface area (Å²) in [6.45, 7) is 0.179. The standard InChI is InChI=1S/C20H15BrN2O4S2/c21-13-2-1-3-14(7-13)22-19(25)8-15-9-28-20(23-15)29-10-16(24)12-4-5-17-18(6-12)27-11-26-17/h1-7,9H,8,10-11H2,(H,22,25). The van der Waals surface area contributed by atoms with E-state index in [9.17, 15) is 9.59 Å². The Labute approximate surface area is 183 Å². The molecule has 0 fully saturated rings. The maximum atomic E-state index is 12.4. The fourth-order valence-corrected chi connectivity index (χ4v) is 4.79. The summed E-state index contributed by atoms with van der Waals surface area (Å²) in [5.74, 6) is 1.35. The van der Waals surface area contributed by atoms with Crippen molar-refractivity contribution in [1.29, 1.82) is 0 Å². The highest BCUT2D eigenvalue weighted by atomic mass is 79.9. The van der Waals surface area contributed by atoms with Crippen LogP contribution in [0, 0.1) is 0 Å². The first-order valence-corrected chi connectivity index (χ1v) is 11.3. The molecule has 1 aliphatic rings. The smallest absolute Gasteiger partial charge is 0.231 e. The highest BCUT2D eigenvalue weighted by molar-refractivity contribution is 9.10. The lowest BCUT2D eigenvalue weighted by Gasteiger charge is -2.04. The van der Waals surface area contributed by atoms with E-state index in [4.69, 9.17) is 9.47 Å². The molecule has 1 N–H and O–H groups in total. The molecule has 6 nitrogen and oxygen atoms in total. The molecule has 2 heterocycles. The molecule has 0 radical (unpaired) electrons. The molecule has 148 valence electrons.